The van der Waals surface area contributed by atoms with Crippen molar-refractivity contribution < 1.29 is 4.79 Å². The molecule has 98 valence electrons. The Morgan fingerprint density at radius 3 is 2.67 bits per heavy atom. The number of carbonyl (C=O) groups excluding carboxylic acids is 1. The van der Waals surface area contributed by atoms with Gasteiger partial charge in [-0.05, 0) is 30.7 Å². The van der Waals surface area contributed by atoms with Crippen molar-refractivity contribution in [2.24, 2.45) is 0 Å². The van der Waals surface area contributed by atoms with Gasteiger partial charge in [0.25, 0.3) is 0 Å². The first-order valence-corrected chi connectivity index (χ1v) is 6.41. The predicted molar refractivity (Wildman–Crippen MR) is 73.7 cm³/mol. The third-order valence-corrected chi connectivity index (χ3v) is 3.24. The fraction of sp³-hybridized carbons (Fsp3) is 0.500. The van der Waals surface area contributed by atoms with E-state index >= 15 is 0 Å². The summed E-state index contributed by atoms with van der Waals surface area (Å²) < 4.78 is 0. The van der Waals surface area contributed by atoms with Crippen molar-refractivity contribution in [2.75, 3.05) is 32.5 Å². The minimum absolute atomic E-state index is 0.135. The van der Waals surface area contributed by atoms with Gasteiger partial charge < -0.3 is 15.5 Å². The van der Waals surface area contributed by atoms with Crippen LogP contribution in [0.25, 0.3) is 0 Å². The van der Waals surface area contributed by atoms with Crippen LogP contribution in [0, 0.1) is 0 Å². The van der Waals surface area contributed by atoms with Crippen LogP contribution in [0.2, 0.25) is 0 Å². The van der Waals surface area contributed by atoms with E-state index < -0.39 is 0 Å². The van der Waals surface area contributed by atoms with Crippen LogP contribution in [-0.4, -0.2) is 44.0 Å². The van der Waals surface area contributed by atoms with Gasteiger partial charge in [-0.2, -0.15) is 0 Å². The van der Waals surface area contributed by atoms with Gasteiger partial charge >= 0.3 is 0 Å². The van der Waals surface area contributed by atoms with Gasteiger partial charge in [0.2, 0.25) is 5.91 Å². The second kappa shape index (κ2) is 5.87. The Morgan fingerprint density at radius 2 is 2.11 bits per heavy atom. The van der Waals surface area contributed by atoms with Crippen LogP contribution in [0.1, 0.15) is 12.0 Å². The molecule has 1 aliphatic rings. The number of carbonyl (C=O) groups is 1. The quantitative estimate of drug-likeness (QED) is 0.837. The largest absolute Gasteiger partial charge is 0.381 e. The molecule has 0 spiro atoms. The molecule has 0 saturated carbocycles. The maximum Gasteiger partial charge on any atom is 0.226 e. The summed E-state index contributed by atoms with van der Waals surface area (Å²) in [6.07, 6.45) is 1.64. The molecule has 4 heteroatoms. The van der Waals surface area contributed by atoms with E-state index in [0.717, 1.165) is 24.3 Å². The first-order valence-electron chi connectivity index (χ1n) is 6.41. The number of rotatable bonds is 4. The standard InChI is InChI=1S/C14H21N3O/c1-17(2)14(18)9-11-3-5-12(6-4-11)16-13-7-8-15-10-13/h3-6,13,15-16H,7-10H2,1-2H3. The SMILES string of the molecule is CN(C)C(=O)Cc1ccc(NC2CCNC2)cc1. The van der Waals surface area contributed by atoms with Gasteiger partial charge in [0.05, 0.1) is 6.42 Å². The first-order chi connectivity index (χ1) is 8.65. The van der Waals surface area contributed by atoms with Gasteiger partial charge in [0, 0.05) is 32.4 Å². The molecule has 4 nitrogen and oxygen atoms in total. The number of hydrogen-bond donors (Lipinski definition) is 2. The molecular weight excluding hydrogens is 226 g/mol. The molecule has 1 atom stereocenters. The molecule has 0 bridgehead atoms. The Balaban J connectivity index is 1.90. The highest BCUT2D eigenvalue weighted by Gasteiger charge is 2.13. The lowest BCUT2D eigenvalue weighted by Crippen LogP contribution is -2.23. The molecule has 0 radical (unpaired) electrons. The molecule has 1 fully saturated rings. The molecule has 1 aliphatic heterocycles. The number of amides is 1. The highest BCUT2D eigenvalue weighted by molar-refractivity contribution is 5.78. The van der Waals surface area contributed by atoms with E-state index in [1.54, 1.807) is 19.0 Å². The highest BCUT2D eigenvalue weighted by Crippen LogP contribution is 2.13. The summed E-state index contributed by atoms with van der Waals surface area (Å²) in [5, 5.41) is 6.82. The minimum atomic E-state index is 0.135. The van der Waals surface area contributed by atoms with Gasteiger partial charge in [-0.1, -0.05) is 12.1 Å². The van der Waals surface area contributed by atoms with Crippen LogP contribution in [0.15, 0.2) is 24.3 Å². The van der Waals surface area contributed by atoms with E-state index in [2.05, 4.69) is 22.8 Å². The molecule has 18 heavy (non-hydrogen) atoms. The maximum atomic E-state index is 11.6. The molecule has 1 saturated heterocycles. The Morgan fingerprint density at radius 1 is 1.39 bits per heavy atom. The van der Waals surface area contributed by atoms with Crippen LogP contribution in [0.5, 0.6) is 0 Å². The summed E-state index contributed by atoms with van der Waals surface area (Å²) in [5.74, 6) is 0.135. The Kier molecular flexibility index (Phi) is 4.20. The minimum Gasteiger partial charge on any atom is -0.381 e. The van der Waals surface area contributed by atoms with Crippen molar-refractivity contribution in [2.45, 2.75) is 18.9 Å². The van der Waals surface area contributed by atoms with E-state index in [0.29, 0.717) is 12.5 Å². The third-order valence-electron chi connectivity index (χ3n) is 3.24. The van der Waals surface area contributed by atoms with Crippen LogP contribution >= 0.6 is 0 Å². The molecular formula is C14H21N3O. The highest BCUT2D eigenvalue weighted by atomic mass is 16.2. The summed E-state index contributed by atoms with van der Waals surface area (Å²) in [6.45, 7) is 2.12. The molecule has 1 aromatic carbocycles. The molecule has 0 aliphatic carbocycles. The van der Waals surface area contributed by atoms with Crippen molar-refractivity contribution in [3.05, 3.63) is 29.8 Å². The molecule has 1 aromatic rings. The normalized spacial score (nSPS) is 18.7. The molecule has 1 unspecified atom stereocenters. The van der Waals surface area contributed by atoms with Crippen LogP contribution in [0.4, 0.5) is 5.69 Å². The van der Waals surface area contributed by atoms with Crippen molar-refractivity contribution in [1.29, 1.82) is 0 Å². The van der Waals surface area contributed by atoms with E-state index in [1.807, 2.05) is 12.1 Å². The fourth-order valence-electron chi connectivity index (χ4n) is 2.07. The summed E-state index contributed by atoms with van der Waals surface area (Å²) >= 11 is 0. The Labute approximate surface area is 108 Å². The summed E-state index contributed by atoms with van der Waals surface area (Å²) in [6, 6.07) is 8.67. The van der Waals surface area contributed by atoms with E-state index in [1.165, 1.54) is 6.42 Å². The van der Waals surface area contributed by atoms with E-state index in [-0.39, 0.29) is 5.91 Å². The second-order valence-electron chi connectivity index (χ2n) is 5.00. The topological polar surface area (TPSA) is 44.4 Å². The second-order valence-corrected chi connectivity index (χ2v) is 5.00. The van der Waals surface area contributed by atoms with Gasteiger partial charge in [0.15, 0.2) is 0 Å². The fourth-order valence-corrected chi connectivity index (χ4v) is 2.07. The van der Waals surface area contributed by atoms with Crippen molar-refractivity contribution in [3.63, 3.8) is 0 Å². The van der Waals surface area contributed by atoms with Gasteiger partial charge in [-0.25, -0.2) is 0 Å². The number of nitrogens with zero attached hydrogens (tertiary/aromatic N) is 1. The van der Waals surface area contributed by atoms with Crippen LogP contribution < -0.4 is 10.6 Å². The lowest BCUT2D eigenvalue weighted by atomic mass is 10.1. The summed E-state index contributed by atoms with van der Waals surface area (Å²) in [5.41, 5.74) is 2.19. The zero-order chi connectivity index (χ0) is 13.0. The third kappa shape index (κ3) is 3.47. The van der Waals surface area contributed by atoms with Gasteiger partial charge in [-0.15, -0.1) is 0 Å². The van der Waals surface area contributed by atoms with Crippen LogP contribution in [0.3, 0.4) is 0 Å². The Bertz CT molecular complexity index is 394. The lowest BCUT2D eigenvalue weighted by Gasteiger charge is -2.14. The average Bonchev–Trinajstić information content (AvgIpc) is 2.84. The molecule has 1 amide bonds. The van der Waals surface area contributed by atoms with Gasteiger partial charge in [0.1, 0.15) is 0 Å². The number of anilines is 1. The maximum absolute atomic E-state index is 11.6. The van der Waals surface area contributed by atoms with Crippen molar-refractivity contribution in [1.82, 2.24) is 10.2 Å². The predicted octanol–water partition coefficient (Wildman–Crippen LogP) is 1.09. The van der Waals surface area contributed by atoms with Crippen LogP contribution in [-0.2, 0) is 11.2 Å². The summed E-state index contributed by atoms with van der Waals surface area (Å²) in [4.78, 5) is 13.2. The zero-order valence-electron chi connectivity index (χ0n) is 11.1. The molecule has 2 N–H and O–H groups in total. The Hall–Kier alpha value is -1.55. The van der Waals surface area contributed by atoms with Crippen molar-refractivity contribution in [3.8, 4) is 0 Å². The zero-order valence-corrected chi connectivity index (χ0v) is 11.1. The van der Waals surface area contributed by atoms with Crippen molar-refractivity contribution >= 4 is 11.6 Å². The first kappa shape index (κ1) is 12.9. The summed E-state index contributed by atoms with van der Waals surface area (Å²) in [7, 11) is 3.57. The van der Waals surface area contributed by atoms with E-state index in [9.17, 15) is 4.79 Å². The van der Waals surface area contributed by atoms with Gasteiger partial charge in [-0.3, -0.25) is 4.79 Å². The number of nitrogens with one attached hydrogen (secondary N) is 2. The smallest absolute Gasteiger partial charge is 0.226 e. The number of likely N-dealkylation sites (N-methyl/N-ethyl adjacent to an activating group) is 1. The molecule has 2 rings (SSSR count). The average molecular weight is 247 g/mol. The monoisotopic (exact) mass is 247 g/mol. The number of hydrogen-bond acceptors (Lipinski definition) is 3. The number of benzene rings is 1. The molecule has 0 aromatic heterocycles. The lowest BCUT2D eigenvalue weighted by molar-refractivity contribution is -0.127. The van der Waals surface area contributed by atoms with E-state index in [4.69, 9.17) is 0 Å². The molecule has 1 heterocycles.